The van der Waals surface area contributed by atoms with Crippen LogP contribution in [-0.4, -0.2) is 4.98 Å². The van der Waals surface area contributed by atoms with Crippen molar-refractivity contribution in [1.82, 2.24) is 4.98 Å². The molecule has 0 saturated heterocycles. The minimum Gasteiger partial charge on any atom is -0.384 e. The Morgan fingerprint density at radius 2 is 1.87 bits per heavy atom. The van der Waals surface area contributed by atoms with Gasteiger partial charge < -0.3 is 5.73 Å². The summed E-state index contributed by atoms with van der Waals surface area (Å²) in [6, 6.07) is 10.3. The third-order valence-corrected chi connectivity index (χ3v) is 2.31. The van der Waals surface area contributed by atoms with E-state index in [1.54, 1.807) is 19.1 Å². The van der Waals surface area contributed by atoms with Gasteiger partial charge in [0, 0.05) is 5.56 Å². The van der Waals surface area contributed by atoms with Crippen molar-refractivity contribution < 1.29 is 4.39 Å². The highest BCUT2D eigenvalue weighted by Gasteiger charge is 2.06. The van der Waals surface area contributed by atoms with E-state index in [2.05, 4.69) is 4.98 Å². The molecule has 0 bridgehead atoms. The van der Waals surface area contributed by atoms with E-state index < -0.39 is 0 Å². The van der Waals surface area contributed by atoms with Crippen molar-refractivity contribution in [3.63, 3.8) is 0 Å². The first-order chi connectivity index (χ1) is 7.18. The molecule has 0 aliphatic heterocycles. The highest BCUT2D eigenvalue weighted by Crippen LogP contribution is 2.23. The fourth-order valence-electron chi connectivity index (χ4n) is 1.49. The zero-order valence-corrected chi connectivity index (χ0v) is 8.37. The second-order valence-corrected chi connectivity index (χ2v) is 3.36. The number of nitrogen functional groups attached to an aromatic ring is 1. The Kier molecular flexibility index (Phi) is 2.37. The van der Waals surface area contributed by atoms with Gasteiger partial charge in [0.2, 0.25) is 0 Å². The molecule has 2 rings (SSSR count). The number of aromatic nitrogens is 1. The normalized spacial score (nSPS) is 10.3. The number of pyridine rings is 1. The van der Waals surface area contributed by atoms with Crippen LogP contribution in [0.3, 0.4) is 0 Å². The fourth-order valence-corrected chi connectivity index (χ4v) is 1.49. The van der Waals surface area contributed by atoms with E-state index in [0.717, 1.165) is 5.56 Å². The molecule has 0 atom stereocenters. The number of hydrogen-bond acceptors (Lipinski definition) is 2. The van der Waals surface area contributed by atoms with Gasteiger partial charge in [-0.05, 0) is 30.7 Å². The number of nitrogens with zero attached hydrogens (tertiary/aromatic N) is 1. The quantitative estimate of drug-likeness (QED) is 0.772. The molecule has 15 heavy (non-hydrogen) atoms. The second-order valence-electron chi connectivity index (χ2n) is 3.36. The van der Waals surface area contributed by atoms with Crippen molar-refractivity contribution in [2.45, 2.75) is 6.92 Å². The smallest absolute Gasteiger partial charge is 0.126 e. The molecule has 0 amide bonds. The van der Waals surface area contributed by atoms with E-state index in [-0.39, 0.29) is 5.82 Å². The molecule has 0 aliphatic carbocycles. The fraction of sp³-hybridized carbons (Fsp3) is 0.0833. The Bertz CT molecular complexity index is 495. The number of nitrogens with two attached hydrogens (primary N) is 1. The van der Waals surface area contributed by atoms with E-state index in [1.165, 1.54) is 6.07 Å². The summed E-state index contributed by atoms with van der Waals surface area (Å²) in [7, 11) is 0. The van der Waals surface area contributed by atoms with Crippen LogP contribution >= 0.6 is 0 Å². The van der Waals surface area contributed by atoms with Crippen molar-refractivity contribution in [2.24, 2.45) is 0 Å². The molecule has 1 aromatic heterocycles. The van der Waals surface area contributed by atoms with Gasteiger partial charge in [-0.15, -0.1) is 0 Å². The molecule has 0 unspecified atom stereocenters. The van der Waals surface area contributed by atoms with Gasteiger partial charge in [0.15, 0.2) is 0 Å². The van der Waals surface area contributed by atoms with E-state index in [4.69, 9.17) is 5.73 Å². The summed E-state index contributed by atoms with van der Waals surface area (Å²) in [5.74, 6) is 0.216. The van der Waals surface area contributed by atoms with E-state index in [0.29, 0.717) is 17.1 Å². The first-order valence-corrected chi connectivity index (χ1v) is 4.66. The van der Waals surface area contributed by atoms with Gasteiger partial charge in [0.05, 0.1) is 5.69 Å². The first-order valence-electron chi connectivity index (χ1n) is 4.66. The summed E-state index contributed by atoms with van der Waals surface area (Å²) in [6.07, 6.45) is 0. The van der Waals surface area contributed by atoms with Crippen LogP contribution in [0.1, 0.15) is 5.56 Å². The SMILES string of the molecule is Cc1c(F)cccc1-c1cccc(N)n1. The summed E-state index contributed by atoms with van der Waals surface area (Å²) in [5, 5.41) is 0. The third-order valence-electron chi connectivity index (χ3n) is 2.31. The molecule has 3 heteroatoms. The van der Waals surface area contributed by atoms with Gasteiger partial charge in [-0.2, -0.15) is 0 Å². The van der Waals surface area contributed by atoms with Crippen molar-refractivity contribution >= 4 is 5.82 Å². The Hall–Kier alpha value is -1.90. The van der Waals surface area contributed by atoms with Crippen LogP contribution in [0.5, 0.6) is 0 Å². The Morgan fingerprint density at radius 1 is 1.13 bits per heavy atom. The van der Waals surface area contributed by atoms with E-state index in [9.17, 15) is 4.39 Å². The van der Waals surface area contributed by atoms with Crippen LogP contribution in [-0.2, 0) is 0 Å². The molecule has 1 heterocycles. The highest BCUT2D eigenvalue weighted by molar-refractivity contribution is 5.64. The number of hydrogen-bond donors (Lipinski definition) is 1. The van der Waals surface area contributed by atoms with Crippen LogP contribution in [0.4, 0.5) is 10.2 Å². The Morgan fingerprint density at radius 3 is 2.60 bits per heavy atom. The molecule has 0 aliphatic rings. The molecular weight excluding hydrogens is 191 g/mol. The summed E-state index contributed by atoms with van der Waals surface area (Å²) in [5.41, 5.74) is 7.65. The minimum absolute atomic E-state index is 0.225. The van der Waals surface area contributed by atoms with Gasteiger partial charge in [-0.25, -0.2) is 9.37 Å². The topological polar surface area (TPSA) is 38.9 Å². The second kappa shape index (κ2) is 3.69. The minimum atomic E-state index is -0.225. The third kappa shape index (κ3) is 1.81. The largest absolute Gasteiger partial charge is 0.384 e. The number of rotatable bonds is 1. The van der Waals surface area contributed by atoms with Gasteiger partial charge in [0.1, 0.15) is 11.6 Å². The van der Waals surface area contributed by atoms with E-state index in [1.807, 2.05) is 18.2 Å². The standard InChI is InChI=1S/C12H11FN2/c1-8-9(4-2-5-10(8)13)11-6-3-7-12(14)15-11/h2-7H,1H3,(H2,14,15). The molecule has 2 nitrogen and oxygen atoms in total. The predicted octanol–water partition coefficient (Wildman–Crippen LogP) is 2.78. The van der Waals surface area contributed by atoms with Gasteiger partial charge in [-0.1, -0.05) is 18.2 Å². The maximum absolute atomic E-state index is 13.3. The van der Waals surface area contributed by atoms with Gasteiger partial charge in [0.25, 0.3) is 0 Å². The summed E-state index contributed by atoms with van der Waals surface area (Å²) in [4.78, 5) is 4.16. The van der Waals surface area contributed by atoms with Crippen molar-refractivity contribution in [2.75, 3.05) is 5.73 Å². The Labute approximate surface area is 87.6 Å². The zero-order valence-electron chi connectivity index (χ0n) is 8.37. The lowest BCUT2D eigenvalue weighted by molar-refractivity contribution is 0.619. The van der Waals surface area contributed by atoms with Crippen LogP contribution in [0.25, 0.3) is 11.3 Å². The lowest BCUT2D eigenvalue weighted by Gasteiger charge is -2.06. The first kappa shape index (κ1) is 9.65. The molecule has 0 saturated carbocycles. The maximum Gasteiger partial charge on any atom is 0.126 e. The van der Waals surface area contributed by atoms with Crippen LogP contribution < -0.4 is 5.73 Å². The van der Waals surface area contributed by atoms with Crippen molar-refractivity contribution in [3.05, 3.63) is 47.8 Å². The summed E-state index contributed by atoms with van der Waals surface area (Å²) < 4.78 is 13.3. The molecule has 2 aromatic rings. The summed E-state index contributed by atoms with van der Waals surface area (Å²) >= 11 is 0. The monoisotopic (exact) mass is 202 g/mol. The maximum atomic E-state index is 13.3. The van der Waals surface area contributed by atoms with Crippen molar-refractivity contribution in [3.8, 4) is 11.3 Å². The molecule has 0 fully saturated rings. The molecule has 76 valence electrons. The lowest BCUT2D eigenvalue weighted by atomic mass is 10.0. The molecular formula is C12H11FN2. The average Bonchev–Trinajstić information content (AvgIpc) is 2.22. The zero-order chi connectivity index (χ0) is 10.8. The van der Waals surface area contributed by atoms with Gasteiger partial charge in [-0.3, -0.25) is 0 Å². The predicted molar refractivity (Wildman–Crippen MR) is 58.8 cm³/mol. The van der Waals surface area contributed by atoms with Crippen LogP contribution in [0, 0.1) is 12.7 Å². The number of halogens is 1. The van der Waals surface area contributed by atoms with Crippen LogP contribution in [0.2, 0.25) is 0 Å². The Balaban J connectivity index is 2.59. The summed E-state index contributed by atoms with van der Waals surface area (Å²) in [6.45, 7) is 1.73. The average molecular weight is 202 g/mol. The van der Waals surface area contributed by atoms with Crippen LogP contribution in [0.15, 0.2) is 36.4 Å². The van der Waals surface area contributed by atoms with Crippen molar-refractivity contribution in [1.29, 1.82) is 0 Å². The number of benzene rings is 1. The molecule has 1 aromatic carbocycles. The lowest BCUT2D eigenvalue weighted by Crippen LogP contribution is -1.94. The molecule has 2 N–H and O–H groups in total. The molecule has 0 radical (unpaired) electrons. The number of anilines is 1. The molecule has 0 spiro atoms. The highest BCUT2D eigenvalue weighted by atomic mass is 19.1. The van der Waals surface area contributed by atoms with E-state index >= 15 is 0 Å². The van der Waals surface area contributed by atoms with Gasteiger partial charge >= 0.3 is 0 Å².